The summed E-state index contributed by atoms with van der Waals surface area (Å²) in [6.45, 7) is 5.99. The number of rotatable bonds is 6. The molecule has 0 saturated heterocycles. The van der Waals surface area contributed by atoms with Crippen LogP contribution in [0.5, 0.6) is 5.75 Å². The molecule has 0 fully saturated rings. The van der Waals surface area contributed by atoms with Gasteiger partial charge in [-0.25, -0.2) is 0 Å². The summed E-state index contributed by atoms with van der Waals surface area (Å²) in [5, 5.41) is 8.88. The molecule has 1 aromatic carbocycles. The highest BCUT2D eigenvalue weighted by Crippen LogP contribution is 2.33. The van der Waals surface area contributed by atoms with E-state index in [1.807, 2.05) is 12.1 Å². The molecule has 4 heteroatoms. The van der Waals surface area contributed by atoms with Gasteiger partial charge >= 0.3 is 5.97 Å². The third kappa shape index (κ3) is 3.95. The summed E-state index contributed by atoms with van der Waals surface area (Å²) >= 11 is 1.53. The minimum Gasteiger partial charge on any atom is -0.496 e. The number of methoxy groups -OCH3 is 1. The lowest BCUT2D eigenvalue weighted by Crippen LogP contribution is -2.11. The molecule has 1 rings (SSSR count). The number of hydrogen-bond acceptors (Lipinski definition) is 3. The Hall–Kier alpha value is -1.16. The SMILES string of the molecule is COc1ccc(C(C)C)cc1SCC(C)C(=O)O. The first-order valence-electron chi connectivity index (χ1n) is 5.99. The van der Waals surface area contributed by atoms with Crippen LogP contribution in [0.1, 0.15) is 32.3 Å². The molecule has 0 heterocycles. The highest BCUT2D eigenvalue weighted by atomic mass is 32.2. The predicted molar refractivity (Wildman–Crippen MR) is 74.6 cm³/mol. The lowest BCUT2D eigenvalue weighted by Gasteiger charge is -2.13. The molecule has 18 heavy (non-hydrogen) atoms. The van der Waals surface area contributed by atoms with Gasteiger partial charge < -0.3 is 9.84 Å². The van der Waals surface area contributed by atoms with Gasteiger partial charge in [-0.1, -0.05) is 26.8 Å². The molecule has 1 N–H and O–H groups in total. The molecule has 0 amide bonds. The summed E-state index contributed by atoms with van der Waals surface area (Å²) in [6, 6.07) is 6.08. The van der Waals surface area contributed by atoms with Crippen molar-refractivity contribution in [2.75, 3.05) is 12.9 Å². The molecule has 100 valence electrons. The minimum absolute atomic E-state index is 0.359. The van der Waals surface area contributed by atoms with Crippen molar-refractivity contribution in [1.29, 1.82) is 0 Å². The van der Waals surface area contributed by atoms with Gasteiger partial charge in [0.1, 0.15) is 5.75 Å². The first-order chi connectivity index (χ1) is 8.45. The topological polar surface area (TPSA) is 46.5 Å². The van der Waals surface area contributed by atoms with Crippen molar-refractivity contribution in [1.82, 2.24) is 0 Å². The largest absolute Gasteiger partial charge is 0.496 e. The van der Waals surface area contributed by atoms with E-state index in [-0.39, 0.29) is 5.92 Å². The average molecular weight is 268 g/mol. The van der Waals surface area contributed by atoms with Gasteiger partial charge in [0, 0.05) is 10.6 Å². The van der Waals surface area contributed by atoms with Crippen molar-refractivity contribution in [3.8, 4) is 5.75 Å². The zero-order chi connectivity index (χ0) is 13.7. The van der Waals surface area contributed by atoms with Gasteiger partial charge in [-0.15, -0.1) is 11.8 Å². The van der Waals surface area contributed by atoms with E-state index in [1.165, 1.54) is 17.3 Å². The maximum Gasteiger partial charge on any atom is 0.307 e. The van der Waals surface area contributed by atoms with Crippen LogP contribution in [-0.4, -0.2) is 23.9 Å². The molecule has 0 saturated carbocycles. The second-order valence-corrected chi connectivity index (χ2v) is 5.68. The van der Waals surface area contributed by atoms with E-state index in [2.05, 4.69) is 19.9 Å². The van der Waals surface area contributed by atoms with Crippen LogP contribution in [0, 0.1) is 5.92 Å². The smallest absolute Gasteiger partial charge is 0.307 e. The standard InChI is InChI=1S/C14H20O3S/c1-9(2)11-5-6-12(17-4)13(7-11)18-8-10(3)14(15)16/h5-7,9-10H,8H2,1-4H3,(H,15,16). The monoisotopic (exact) mass is 268 g/mol. The number of ether oxygens (including phenoxy) is 1. The van der Waals surface area contributed by atoms with Crippen LogP contribution in [0.15, 0.2) is 23.1 Å². The van der Waals surface area contributed by atoms with E-state index >= 15 is 0 Å². The van der Waals surface area contributed by atoms with Crippen molar-refractivity contribution < 1.29 is 14.6 Å². The van der Waals surface area contributed by atoms with E-state index in [0.29, 0.717) is 11.7 Å². The Bertz CT molecular complexity index is 416. The fourth-order valence-corrected chi connectivity index (χ4v) is 2.54. The summed E-state index contributed by atoms with van der Waals surface area (Å²) in [5.41, 5.74) is 1.24. The maximum atomic E-state index is 10.8. The van der Waals surface area contributed by atoms with E-state index < -0.39 is 5.97 Å². The number of benzene rings is 1. The first-order valence-corrected chi connectivity index (χ1v) is 6.97. The second kappa shape index (κ2) is 6.69. The van der Waals surface area contributed by atoms with Crippen LogP contribution < -0.4 is 4.74 Å². The predicted octanol–water partition coefficient (Wildman–Crippen LogP) is 3.63. The molecule has 1 unspecified atom stereocenters. The number of aliphatic carboxylic acids is 1. The molecule has 0 aliphatic heterocycles. The third-order valence-electron chi connectivity index (χ3n) is 2.76. The van der Waals surface area contributed by atoms with Crippen molar-refractivity contribution in [3.05, 3.63) is 23.8 Å². The lowest BCUT2D eigenvalue weighted by atomic mass is 10.0. The second-order valence-electron chi connectivity index (χ2n) is 4.62. The summed E-state index contributed by atoms with van der Waals surface area (Å²) in [4.78, 5) is 11.8. The van der Waals surface area contributed by atoms with Crippen molar-refractivity contribution >= 4 is 17.7 Å². The normalized spacial score (nSPS) is 12.5. The van der Waals surface area contributed by atoms with Crippen LogP contribution in [0.3, 0.4) is 0 Å². The number of carboxylic acid groups (broad SMARTS) is 1. The zero-order valence-corrected chi connectivity index (χ0v) is 12.1. The fraction of sp³-hybridized carbons (Fsp3) is 0.500. The zero-order valence-electron chi connectivity index (χ0n) is 11.3. The molecular weight excluding hydrogens is 248 g/mol. The Morgan fingerprint density at radius 3 is 2.56 bits per heavy atom. The third-order valence-corrected chi connectivity index (χ3v) is 4.06. The average Bonchev–Trinajstić information content (AvgIpc) is 2.35. The van der Waals surface area contributed by atoms with Crippen LogP contribution in [0.25, 0.3) is 0 Å². The van der Waals surface area contributed by atoms with Gasteiger partial charge in [0.25, 0.3) is 0 Å². The van der Waals surface area contributed by atoms with Crippen LogP contribution in [-0.2, 0) is 4.79 Å². The van der Waals surface area contributed by atoms with Crippen LogP contribution in [0.2, 0.25) is 0 Å². The summed E-state index contributed by atoms with van der Waals surface area (Å²) in [5.74, 6) is 0.686. The van der Waals surface area contributed by atoms with E-state index in [4.69, 9.17) is 9.84 Å². The Labute approximate surface area is 113 Å². The highest BCUT2D eigenvalue weighted by Gasteiger charge is 2.13. The molecule has 0 bridgehead atoms. The van der Waals surface area contributed by atoms with E-state index in [0.717, 1.165) is 10.6 Å². The van der Waals surface area contributed by atoms with Crippen molar-refractivity contribution in [2.24, 2.45) is 5.92 Å². The van der Waals surface area contributed by atoms with E-state index in [9.17, 15) is 4.79 Å². The Kier molecular flexibility index (Phi) is 5.54. The molecule has 1 atom stereocenters. The van der Waals surface area contributed by atoms with Gasteiger partial charge in [-0.3, -0.25) is 4.79 Å². The minimum atomic E-state index is -0.763. The molecule has 0 aromatic heterocycles. The maximum absolute atomic E-state index is 10.8. The quantitative estimate of drug-likeness (QED) is 0.800. The molecular formula is C14H20O3S. The van der Waals surface area contributed by atoms with Crippen LogP contribution >= 0.6 is 11.8 Å². The Morgan fingerprint density at radius 2 is 2.06 bits per heavy atom. The van der Waals surface area contributed by atoms with Gasteiger partial charge in [-0.2, -0.15) is 0 Å². The number of hydrogen-bond donors (Lipinski definition) is 1. The van der Waals surface area contributed by atoms with Crippen LogP contribution in [0.4, 0.5) is 0 Å². The number of thioether (sulfide) groups is 1. The lowest BCUT2D eigenvalue weighted by molar-refractivity contribution is -0.140. The number of carbonyl (C=O) groups is 1. The van der Waals surface area contributed by atoms with E-state index in [1.54, 1.807) is 14.0 Å². The first kappa shape index (κ1) is 14.9. The molecule has 0 aliphatic rings. The fourth-order valence-electron chi connectivity index (χ4n) is 1.45. The molecule has 0 spiro atoms. The van der Waals surface area contributed by atoms with Gasteiger partial charge in [0.05, 0.1) is 13.0 Å². The van der Waals surface area contributed by atoms with Gasteiger partial charge in [0.15, 0.2) is 0 Å². The summed E-state index contributed by atoms with van der Waals surface area (Å²) in [7, 11) is 1.63. The molecule has 1 aromatic rings. The molecule has 0 radical (unpaired) electrons. The highest BCUT2D eigenvalue weighted by molar-refractivity contribution is 7.99. The Morgan fingerprint density at radius 1 is 1.39 bits per heavy atom. The van der Waals surface area contributed by atoms with Gasteiger partial charge in [-0.05, 0) is 23.6 Å². The van der Waals surface area contributed by atoms with Crippen molar-refractivity contribution in [2.45, 2.75) is 31.6 Å². The molecule has 3 nitrogen and oxygen atoms in total. The molecule has 0 aliphatic carbocycles. The Balaban J connectivity index is 2.84. The van der Waals surface area contributed by atoms with Crippen molar-refractivity contribution in [3.63, 3.8) is 0 Å². The number of carboxylic acids is 1. The summed E-state index contributed by atoms with van der Waals surface area (Å²) < 4.78 is 5.30. The van der Waals surface area contributed by atoms with Gasteiger partial charge in [0.2, 0.25) is 0 Å². The summed E-state index contributed by atoms with van der Waals surface area (Å²) in [6.07, 6.45) is 0.